The van der Waals surface area contributed by atoms with Crippen molar-refractivity contribution in [1.29, 1.82) is 0 Å². The lowest BCUT2D eigenvalue weighted by molar-refractivity contribution is 0.271. The number of rotatable bonds is 5. The van der Waals surface area contributed by atoms with Crippen molar-refractivity contribution in [3.63, 3.8) is 0 Å². The molecule has 6 heteroatoms. The van der Waals surface area contributed by atoms with Crippen molar-refractivity contribution >= 4 is 17.2 Å². The van der Waals surface area contributed by atoms with Gasteiger partial charge in [-0.05, 0) is 43.5 Å². The van der Waals surface area contributed by atoms with Gasteiger partial charge in [0.1, 0.15) is 0 Å². The van der Waals surface area contributed by atoms with Crippen LogP contribution in [0.5, 0.6) is 5.75 Å². The van der Waals surface area contributed by atoms with E-state index in [4.69, 9.17) is 16.3 Å². The van der Waals surface area contributed by atoms with E-state index >= 15 is 0 Å². The third kappa shape index (κ3) is 3.77. The van der Waals surface area contributed by atoms with E-state index in [-0.39, 0.29) is 0 Å². The fourth-order valence-electron chi connectivity index (χ4n) is 3.45. The van der Waals surface area contributed by atoms with Crippen LogP contribution in [0, 0.1) is 25.7 Å². The quantitative estimate of drug-likeness (QED) is 0.343. The highest BCUT2D eigenvalue weighted by atomic mass is 35.5. The van der Waals surface area contributed by atoms with E-state index in [9.17, 15) is 4.39 Å². The third-order valence-corrected chi connectivity index (χ3v) is 5.31. The van der Waals surface area contributed by atoms with Gasteiger partial charge < -0.3 is 4.74 Å². The summed E-state index contributed by atoms with van der Waals surface area (Å²) < 4.78 is 21.5. The lowest BCUT2D eigenvalue weighted by atomic mass is 10.0. The molecule has 1 aromatic carbocycles. The van der Waals surface area contributed by atoms with Gasteiger partial charge in [0.15, 0.2) is 11.4 Å². The molecule has 30 heavy (non-hydrogen) atoms. The van der Waals surface area contributed by atoms with E-state index < -0.39 is 5.95 Å². The lowest BCUT2D eigenvalue weighted by Gasteiger charge is -2.17. The summed E-state index contributed by atoms with van der Waals surface area (Å²) in [5.41, 5.74) is 6.23. The Hall–Kier alpha value is -2.92. The van der Waals surface area contributed by atoms with Crippen molar-refractivity contribution in [2.75, 3.05) is 6.61 Å². The summed E-state index contributed by atoms with van der Waals surface area (Å²) in [5, 5.41) is 0.678. The number of halogens is 2. The molecule has 0 unspecified atom stereocenters. The van der Waals surface area contributed by atoms with E-state index in [0.29, 0.717) is 23.2 Å². The molecule has 0 bridgehead atoms. The van der Waals surface area contributed by atoms with Crippen LogP contribution in [-0.4, -0.2) is 21.0 Å². The fourth-order valence-corrected chi connectivity index (χ4v) is 3.79. The number of aryl methyl sites for hydroxylation is 1. The van der Waals surface area contributed by atoms with Crippen LogP contribution in [0.4, 0.5) is 4.39 Å². The van der Waals surface area contributed by atoms with Crippen LogP contribution < -0.4 is 4.74 Å². The molecule has 4 aromatic rings. The second kappa shape index (κ2) is 8.07. The summed E-state index contributed by atoms with van der Waals surface area (Å²) in [4.78, 5) is 8.40. The molecule has 0 atom stereocenters. The van der Waals surface area contributed by atoms with E-state index in [1.165, 1.54) is 12.3 Å². The maximum absolute atomic E-state index is 13.3. The van der Waals surface area contributed by atoms with Crippen molar-refractivity contribution in [1.82, 2.24) is 14.4 Å². The number of pyridine rings is 2. The number of benzene rings is 1. The summed E-state index contributed by atoms with van der Waals surface area (Å²) in [6, 6.07) is 9.05. The predicted octanol–water partition coefficient (Wildman–Crippen LogP) is 6.51. The van der Waals surface area contributed by atoms with Crippen LogP contribution >= 0.6 is 11.6 Å². The Morgan fingerprint density at radius 3 is 2.53 bits per heavy atom. The minimum absolute atomic E-state index is 0.367. The maximum atomic E-state index is 13.3. The highest BCUT2D eigenvalue weighted by molar-refractivity contribution is 6.33. The molecule has 4 rings (SSSR count). The first-order valence-corrected chi connectivity index (χ1v) is 10.2. The minimum Gasteiger partial charge on any atom is -0.489 e. The molecule has 154 valence electrons. The Morgan fingerprint density at radius 1 is 1.07 bits per heavy atom. The van der Waals surface area contributed by atoms with Gasteiger partial charge in [0.25, 0.3) is 0 Å². The summed E-state index contributed by atoms with van der Waals surface area (Å²) in [5.74, 6) is 0.572. The van der Waals surface area contributed by atoms with Crippen LogP contribution in [0.3, 0.4) is 0 Å². The molecule has 0 N–H and O–H groups in total. The SMILES string of the molecule is Cc1ccc(-c2cn3c(-c4ccc(F)nc4)cnc3c(OCC(C)C)c2C)c(Cl)c1. The van der Waals surface area contributed by atoms with Crippen molar-refractivity contribution in [3.8, 4) is 28.1 Å². The number of aromatic nitrogens is 3. The lowest BCUT2D eigenvalue weighted by Crippen LogP contribution is -2.08. The predicted molar refractivity (Wildman–Crippen MR) is 119 cm³/mol. The summed E-state index contributed by atoms with van der Waals surface area (Å²) >= 11 is 6.60. The van der Waals surface area contributed by atoms with Crippen LogP contribution in [0.15, 0.2) is 48.9 Å². The van der Waals surface area contributed by atoms with Crippen LogP contribution in [0.25, 0.3) is 28.0 Å². The molecule has 3 aromatic heterocycles. The first-order valence-electron chi connectivity index (χ1n) is 9.87. The van der Waals surface area contributed by atoms with Crippen LogP contribution in [0.2, 0.25) is 5.02 Å². The van der Waals surface area contributed by atoms with Gasteiger partial charge in [-0.25, -0.2) is 9.97 Å². The maximum Gasteiger partial charge on any atom is 0.212 e. The van der Waals surface area contributed by atoms with Crippen molar-refractivity contribution in [2.24, 2.45) is 5.92 Å². The number of ether oxygens (including phenoxy) is 1. The fraction of sp³-hybridized carbons (Fsp3) is 0.250. The van der Waals surface area contributed by atoms with Gasteiger partial charge in [-0.1, -0.05) is 37.6 Å². The molecule has 0 spiro atoms. The Balaban J connectivity index is 1.98. The number of fused-ring (bicyclic) bond motifs is 1. The van der Waals surface area contributed by atoms with Gasteiger partial charge in [-0.3, -0.25) is 4.40 Å². The van der Waals surface area contributed by atoms with E-state index in [1.54, 1.807) is 12.3 Å². The zero-order valence-corrected chi connectivity index (χ0v) is 18.2. The second-order valence-electron chi connectivity index (χ2n) is 7.89. The molecule has 0 radical (unpaired) electrons. The highest BCUT2D eigenvalue weighted by Gasteiger charge is 2.19. The topological polar surface area (TPSA) is 39.4 Å². The zero-order chi connectivity index (χ0) is 21.4. The monoisotopic (exact) mass is 423 g/mol. The Morgan fingerprint density at radius 2 is 1.87 bits per heavy atom. The Labute approximate surface area is 180 Å². The number of imidazole rings is 1. The number of hydrogen-bond donors (Lipinski definition) is 0. The molecule has 4 nitrogen and oxygen atoms in total. The standard InChI is InChI=1S/C24H23ClFN3O/c1-14(2)13-30-23-16(4)19(18-7-5-15(3)9-20(18)25)12-29-21(11-28-24(23)29)17-6-8-22(26)27-10-17/h5-12,14H,13H2,1-4H3. The Bertz CT molecular complexity index is 1220. The average Bonchev–Trinajstić information content (AvgIpc) is 3.11. The summed E-state index contributed by atoms with van der Waals surface area (Å²) in [7, 11) is 0. The van der Waals surface area contributed by atoms with Gasteiger partial charge in [-0.2, -0.15) is 4.39 Å². The van der Waals surface area contributed by atoms with Crippen molar-refractivity contribution in [3.05, 3.63) is 71.0 Å². The molecule has 0 saturated carbocycles. The number of hydrogen-bond acceptors (Lipinski definition) is 3. The van der Waals surface area contributed by atoms with Crippen molar-refractivity contribution in [2.45, 2.75) is 27.7 Å². The molecule has 0 fully saturated rings. The molecule has 3 heterocycles. The van der Waals surface area contributed by atoms with Gasteiger partial charge in [0.2, 0.25) is 5.95 Å². The van der Waals surface area contributed by atoms with Crippen molar-refractivity contribution < 1.29 is 9.13 Å². The van der Waals surface area contributed by atoms with Gasteiger partial charge in [0, 0.05) is 39.7 Å². The normalized spacial score (nSPS) is 11.4. The van der Waals surface area contributed by atoms with Crippen LogP contribution in [-0.2, 0) is 0 Å². The Kier molecular flexibility index (Phi) is 5.48. The van der Waals surface area contributed by atoms with Gasteiger partial charge >= 0.3 is 0 Å². The van der Waals surface area contributed by atoms with E-state index in [0.717, 1.165) is 39.3 Å². The molecule has 0 aliphatic rings. The first kappa shape index (κ1) is 20.4. The number of nitrogens with zero attached hydrogens (tertiary/aromatic N) is 3. The minimum atomic E-state index is -0.517. The second-order valence-corrected chi connectivity index (χ2v) is 8.30. The molecule has 0 amide bonds. The van der Waals surface area contributed by atoms with Crippen LogP contribution in [0.1, 0.15) is 25.0 Å². The molecule has 0 aliphatic heterocycles. The highest BCUT2D eigenvalue weighted by Crippen LogP contribution is 2.38. The first-order chi connectivity index (χ1) is 14.3. The molecule has 0 aliphatic carbocycles. The summed E-state index contributed by atoms with van der Waals surface area (Å²) in [6.45, 7) is 8.82. The summed E-state index contributed by atoms with van der Waals surface area (Å²) in [6.07, 6.45) is 5.27. The average molecular weight is 424 g/mol. The van der Waals surface area contributed by atoms with Gasteiger partial charge in [-0.15, -0.1) is 0 Å². The van der Waals surface area contributed by atoms with Gasteiger partial charge in [0.05, 0.1) is 18.5 Å². The van der Waals surface area contributed by atoms with E-state index in [1.807, 2.05) is 42.6 Å². The zero-order valence-electron chi connectivity index (χ0n) is 17.4. The van der Waals surface area contributed by atoms with E-state index in [2.05, 4.69) is 23.8 Å². The molecular weight excluding hydrogens is 401 g/mol. The molecular formula is C24H23ClFN3O. The largest absolute Gasteiger partial charge is 0.489 e. The molecule has 0 saturated heterocycles. The third-order valence-electron chi connectivity index (χ3n) is 5.00. The smallest absolute Gasteiger partial charge is 0.212 e.